The van der Waals surface area contributed by atoms with Crippen LogP contribution in [-0.2, 0) is 24.2 Å². The van der Waals surface area contributed by atoms with Crippen molar-refractivity contribution in [1.29, 1.82) is 0 Å². The number of sulfone groups is 1. The Labute approximate surface area is 158 Å². The number of halogens is 1. The topological polar surface area (TPSA) is 155 Å². The molecule has 0 spiro atoms. The van der Waals surface area contributed by atoms with Crippen LogP contribution in [0, 0.1) is 11.8 Å². The Morgan fingerprint density at radius 2 is 1.38 bits per heavy atom. The summed E-state index contributed by atoms with van der Waals surface area (Å²) >= 11 is 0. The van der Waals surface area contributed by atoms with Crippen LogP contribution in [-0.4, -0.2) is 37.5 Å². The van der Waals surface area contributed by atoms with Gasteiger partial charge >= 0.3 is 0 Å². The molecule has 3 rings (SSSR count). The number of anilines is 1. The van der Waals surface area contributed by atoms with Crippen LogP contribution in [0.4, 0.5) is 5.69 Å². The van der Waals surface area contributed by atoms with E-state index < -0.39 is 27.2 Å². The second-order valence-corrected chi connectivity index (χ2v) is 8.01. The average molecular weight is 407 g/mol. The summed E-state index contributed by atoms with van der Waals surface area (Å²) in [4.78, 5) is 33.6. The smallest absolute Gasteiger partial charge is 0.264 e. The van der Waals surface area contributed by atoms with Crippen LogP contribution >= 0.6 is 12.4 Å². The minimum atomic E-state index is -3.10. The van der Waals surface area contributed by atoms with Gasteiger partial charge in [-0.2, -0.15) is 0 Å². The molecule has 0 aliphatic heterocycles. The van der Waals surface area contributed by atoms with E-state index in [-0.39, 0.29) is 29.7 Å². The Morgan fingerprint density at radius 1 is 0.962 bits per heavy atom. The lowest BCUT2D eigenvalue weighted by atomic mass is 9.81. The van der Waals surface area contributed by atoms with Gasteiger partial charge < -0.3 is 10.9 Å². The maximum atomic E-state index is 11.2. The number of nitrogens with two attached hydrogens (primary N) is 1. The van der Waals surface area contributed by atoms with Gasteiger partial charge in [-0.1, -0.05) is 12.8 Å². The fourth-order valence-corrected chi connectivity index (χ4v) is 3.65. The van der Waals surface area contributed by atoms with Crippen molar-refractivity contribution < 1.29 is 28.3 Å². The summed E-state index contributed by atoms with van der Waals surface area (Å²) < 4.78 is 22.0. The second kappa shape index (κ2) is 9.77. The monoisotopic (exact) mass is 406 g/mol. The first-order valence-electron chi connectivity index (χ1n) is 7.65. The van der Waals surface area contributed by atoms with E-state index in [9.17, 15) is 22.8 Å². The maximum Gasteiger partial charge on any atom is 0.264 e. The van der Waals surface area contributed by atoms with Crippen molar-refractivity contribution in [3.05, 3.63) is 24.3 Å². The zero-order valence-electron chi connectivity index (χ0n) is 14.2. The first-order valence-corrected chi connectivity index (χ1v) is 9.54. The largest absolute Gasteiger partial charge is 0.412 e. The Morgan fingerprint density at radius 3 is 1.73 bits per heavy atom. The van der Waals surface area contributed by atoms with Crippen LogP contribution < -0.4 is 11.3 Å². The summed E-state index contributed by atoms with van der Waals surface area (Å²) in [5.74, 6) is 3.01. The number of hydrazine groups is 1. The number of fused-ring (bicyclic) bond motifs is 1. The molecule has 0 heterocycles. The van der Waals surface area contributed by atoms with Crippen LogP contribution in [0.15, 0.2) is 29.2 Å². The van der Waals surface area contributed by atoms with Gasteiger partial charge in [-0.05, 0) is 37.1 Å². The van der Waals surface area contributed by atoms with E-state index in [4.69, 9.17) is 5.84 Å². The van der Waals surface area contributed by atoms with Crippen LogP contribution in [0.3, 0.4) is 0 Å². The Hall–Kier alpha value is -1.81. The number of carbonyl (C=O) groups is 3. The molecule has 2 aliphatic carbocycles. The molecule has 26 heavy (non-hydrogen) atoms. The number of nitrogen functional groups attached to an aromatic ring is 1. The summed E-state index contributed by atoms with van der Waals surface area (Å²) in [6.45, 7) is 0. The summed E-state index contributed by atoms with van der Waals surface area (Å²) in [5.41, 5.74) is 3.09. The van der Waals surface area contributed by atoms with Crippen molar-refractivity contribution >= 4 is 45.3 Å². The highest BCUT2D eigenvalue weighted by Crippen LogP contribution is 2.36. The van der Waals surface area contributed by atoms with Crippen LogP contribution in [0.2, 0.25) is 0 Å². The van der Waals surface area contributed by atoms with Gasteiger partial charge in [0.05, 0.1) is 4.90 Å². The summed E-state index contributed by atoms with van der Waals surface area (Å²) in [6, 6.07) is 6.22. The highest BCUT2D eigenvalue weighted by molar-refractivity contribution is 7.90. The van der Waals surface area contributed by atoms with E-state index in [2.05, 4.69) is 5.43 Å². The SMILES string of the molecule is CS(=O)(=O)c1ccc(NN)cc1.Cl.O.O=C1C(=O)C2CCCCC2C1=O. The first-order chi connectivity index (χ1) is 11.3. The summed E-state index contributed by atoms with van der Waals surface area (Å²) in [6.07, 6.45) is 4.60. The highest BCUT2D eigenvalue weighted by atomic mass is 35.5. The summed E-state index contributed by atoms with van der Waals surface area (Å²) in [7, 11) is -3.10. The van der Waals surface area contributed by atoms with Crippen molar-refractivity contribution in [1.82, 2.24) is 0 Å². The summed E-state index contributed by atoms with van der Waals surface area (Å²) in [5, 5.41) is 0. The van der Waals surface area contributed by atoms with Crippen LogP contribution in [0.25, 0.3) is 0 Å². The van der Waals surface area contributed by atoms with Gasteiger partial charge in [0.15, 0.2) is 9.84 Å². The third-order valence-corrected chi connectivity index (χ3v) is 5.46. The molecule has 2 aliphatic rings. The number of hydrogen-bond donors (Lipinski definition) is 2. The normalized spacial score (nSPS) is 21.5. The number of nitrogens with one attached hydrogen (secondary N) is 1. The van der Waals surface area contributed by atoms with Gasteiger partial charge in [-0.15, -0.1) is 12.4 Å². The van der Waals surface area contributed by atoms with Crippen molar-refractivity contribution in [2.24, 2.45) is 17.7 Å². The molecule has 5 N–H and O–H groups in total. The van der Waals surface area contributed by atoms with Gasteiger partial charge in [0.25, 0.3) is 5.78 Å². The van der Waals surface area contributed by atoms with Gasteiger partial charge in [0, 0.05) is 23.8 Å². The van der Waals surface area contributed by atoms with E-state index in [1.165, 1.54) is 12.1 Å². The van der Waals surface area contributed by atoms with E-state index in [1.54, 1.807) is 12.1 Å². The average Bonchev–Trinajstić information content (AvgIpc) is 2.80. The number of rotatable bonds is 2. The van der Waals surface area contributed by atoms with Crippen molar-refractivity contribution in [3.8, 4) is 0 Å². The quantitative estimate of drug-likeness (QED) is 0.411. The molecule has 0 amide bonds. The minimum absolute atomic E-state index is 0. The molecular weight excluding hydrogens is 384 g/mol. The molecule has 0 bridgehead atoms. The Kier molecular flexibility index (Phi) is 9.09. The number of ketones is 3. The molecule has 1 aromatic carbocycles. The molecule has 2 fully saturated rings. The zero-order chi connectivity index (χ0) is 17.9. The lowest BCUT2D eigenvalue weighted by Gasteiger charge is -2.20. The maximum absolute atomic E-state index is 11.2. The van der Waals surface area contributed by atoms with E-state index in [1.807, 2.05) is 0 Å². The Bertz CT molecular complexity index is 737. The molecule has 2 saturated carbocycles. The molecule has 0 aromatic heterocycles. The number of carbonyl (C=O) groups excluding carboxylic acids is 3. The van der Waals surface area contributed by atoms with Crippen LogP contribution in [0.1, 0.15) is 25.7 Å². The predicted molar refractivity (Wildman–Crippen MR) is 98.7 cm³/mol. The van der Waals surface area contributed by atoms with Crippen molar-refractivity contribution in [2.45, 2.75) is 30.6 Å². The molecule has 146 valence electrons. The predicted octanol–water partition coefficient (Wildman–Crippen LogP) is 0.486. The Balaban J connectivity index is 0.000000446. The van der Waals surface area contributed by atoms with E-state index >= 15 is 0 Å². The first kappa shape index (κ1) is 24.2. The van der Waals surface area contributed by atoms with Gasteiger partial charge in [-0.25, -0.2) is 8.42 Å². The van der Waals surface area contributed by atoms with E-state index in [0.717, 1.165) is 31.9 Å². The fraction of sp³-hybridized carbons (Fsp3) is 0.438. The lowest BCUT2D eigenvalue weighted by Crippen LogP contribution is -2.21. The van der Waals surface area contributed by atoms with E-state index in [0.29, 0.717) is 10.6 Å². The molecular formula is C16H23ClN2O6S. The molecule has 0 saturated heterocycles. The molecule has 1 aromatic rings. The van der Waals surface area contributed by atoms with Gasteiger partial charge in [0.2, 0.25) is 11.6 Å². The number of hydrogen-bond acceptors (Lipinski definition) is 7. The number of Topliss-reactive ketones (excluding diaryl/α,β-unsaturated/α-hetero) is 3. The third-order valence-electron chi connectivity index (χ3n) is 4.34. The molecule has 2 unspecified atom stereocenters. The fourth-order valence-electron chi connectivity index (χ4n) is 3.02. The minimum Gasteiger partial charge on any atom is -0.412 e. The number of benzene rings is 1. The van der Waals surface area contributed by atoms with Crippen LogP contribution in [0.5, 0.6) is 0 Å². The molecule has 8 nitrogen and oxygen atoms in total. The molecule has 2 atom stereocenters. The second-order valence-electron chi connectivity index (χ2n) is 6.00. The van der Waals surface area contributed by atoms with Crippen molar-refractivity contribution in [3.63, 3.8) is 0 Å². The zero-order valence-corrected chi connectivity index (χ0v) is 15.9. The molecule has 10 heteroatoms. The highest BCUT2D eigenvalue weighted by Gasteiger charge is 2.48. The van der Waals surface area contributed by atoms with Gasteiger partial charge in [-0.3, -0.25) is 20.2 Å². The molecule has 0 radical (unpaired) electrons. The third kappa shape index (κ3) is 5.34. The van der Waals surface area contributed by atoms with Crippen molar-refractivity contribution in [2.75, 3.05) is 11.7 Å². The van der Waals surface area contributed by atoms with Gasteiger partial charge in [0.1, 0.15) is 0 Å². The standard InChI is InChI=1S/C9H10O3.C7H10N2O2S.ClH.H2O/c10-7-5-3-1-2-4-6(5)8(11)9(7)12;1-12(10,11)7-4-2-6(9-8)3-5-7;;/h5-6H,1-4H2;2-5,9H,8H2,1H3;1H;1H2. The lowest BCUT2D eigenvalue weighted by molar-refractivity contribution is -0.141.